The van der Waals surface area contributed by atoms with Crippen LogP contribution in [-0.4, -0.2) is 14.2 Å². The van der Waals surface area contributed by atoms with Crippen LogP contribution in [0.3, 0.4) is 0 Å². The zero-order chi connectivity index (χ0) is 8.74. The minimum absolute atomic E-state index is 0.362. The van der Waals surface area contributed by atoms with E-state index in [1.165, 1.54) is 0 Å². The second kappa shape index (κ2) is 5.14. The van der Waals surface area contributed by atoms with E-state index in [1.807, 2.05) is 0 Å². The summed E-state index contributed by atoms with van der Waals surface area (Å²) in [7, 11) is -4.26. The largest absolute Gasteiger partial charge is 0.302 e. The second-order valence-electron chi connectivity index (χ2n) is 2.26. The van der Waals surface area contributed by atoms with Crippen LogP contribution in [0.15, 0.2) is 0 Å². The quantitative estimate of drug-likeness (QED) is 0.363. The fraction of sp³-hybridized carbons (Fsp3) is 0.714. The molecule has 64 valence electrons. The molecule has 0 aromatic rings. The number of terminal acetylenes is 1. The molecule has 0 saturated carbocycles. The Labute approximate surface area is 67.0 Å². The van der Waals surface area contributed by atoms with E-state index in [4.69, 9.17) is 6.42 Å². The zero-order valence-electron chi connectivity index (χ0n) is 6.22. The summed E-state index contributed by atoms with van der Waals surface area (Å²) in [6.45, 7) is 0. The molecule has 0 aliphatic rings. The molecule has 4 heteroatoms. The maximum absolute atomic E-state index is 11.8. The van der Waals surface area contributed by atoms with Crippen LogP contribution in [0.1, 0.15) is 25.7 Å². The van der Waals surface area contributed by atoms with Gasteiger partial charge in [0.25, 0.3) is 0 Å². The molecule has 0 amide bonds. The summed E-state index contributed by atoms with van der Waals surface area (Å²) in [6.07, 6.45) is 7.39. The first-order chi connectivity index (χ1) is 5.06. The normalized spacial score (nSPS) is 10.9. The molecule has 0 radical (unpaired) electrons. The summed E-state index contributed by atoms with van der Waals surface area (Å²) >= 11 is 0. The second-order valence-corrected chi connectivity index (χ2v) is 3.74. The number of rotatable bonds is 5. The Hall–Kier alpha value is -0.560. The van der Waals surface area contributed by atoms with Gasteiger partial charge >= 0.3 is 10.2 Å². The van der Waals surface area contributed by atoms with Gasteiger partial charge in [0.15, 0.2) is 0 Å². The van der Waals surface area contributed by atoms with E-state index in [2.05, 4.69) is 5.92 Å². The molecule has 0 aromatic carbocycles. The Bertz CT molecular complexity index is 225. The van der Waals surface area contributed by atoms with Crippen molar-refractivity contribution >= 4 is 10.2 Å². The van der Waals surface area contributed by atoms with E-state index in [0.29, 0.717) is 19.3 Å². The van der Waals surface area contributed by atoms with Crippen LogP contribution in [0.25, 0.3) is 0 Å². The van der Waals surface area contributed by atoms with E-state index in [0.717, 1.165) is 6.42 Å². The lowest BCUT2D eigenvalue weighted by atomic mass is 10.2. The molecule has 2 nitrogen and oxygen atoms in total. The molecule has 0 aliphatic carbocycles. The van der Waals surface area contributed by atoms with E-state index < -0.39 is 10.2 Å². The molecule has 0 rings (SSSR count). The highest BCUT2D eigenvalue weighted by molar-refractivity contribution is 7.86. The Kier molecular flexibility index (Phi) is 4.88. The van der Waals surface area contributed by atoms with Gasteiger partial charge < -0.3 is 0 Å². The summed E-state index contributed by atoms with van der Waals surface area (Å²) in [5.74, 6) is 2.04. The van der Waals surface area contributed by atoms with Crippen molar-refractivity contribution in [2.75, 3.05) is 5.75 Å². The standard InChI is InChI=1S/C7H11FO2S/c1-2-3-4-5-6-7-11(8,9)10/h1H,3-7H2. The van der Waals surface area contributed by atoms with Crippen molar-refractivity contribution in [1.29, 1.82) is 0 Å². The predicted molar refractivity (Wildman–Crippen MR) is 42.2 cm³/mol. The van der Waals surface area contributed by atoms with Gasteiger partial charge in [-0.15, -0.1) is 16.2 Å². The van der Waals surface area contributed by atoms with Crippen molar-refractivity contribution in [3.63, 3.8) is 0 Å². The lowest BCUT2D eigenvalue weighted by Crippen LogP contribution is -1.97. The van der Waals surface area contributed by atoms with Gasteiger partial charge in [-0.05, 0) is 12.8 Å². The maximum Gasteiger partial charge on any atom is 0.302 e. The number of unbranched alkanes of at least 4 members (excludes halogenated alkanes) is 3. The van der Waals surface area contributed by atoms with Crippen molar-refractivity contribution in [2.24, 2.45) is 0 Å². The Morgan fingerprint density at radius 3 is 2.36 bits per heavy atom. The van der Waals surface area contributed by atoms with Gasteiger partial charge in [-0.1, -0.05) is 6.42 Å². The monoisotopic (exact) mass is 178 g/mol. The van der Waals surface area contributed by atoms with Gasteiger partial charge in [-0.3, -0.25) is 0 Å². The predicted octanol–water partition coefficient (Wildman–Crippen LogP) is 1.48. The molecule has 0 bridgehead atoms. The molecule has 0 heterocycles. The van der Waals surface area contributed by atoms with Crippen molar-refractivity contribution in [1.82, 2.24) is 0 Å². The van der Waals surface area contributed by atoms with Gasteiger partial charge in [0.05, 0.1) is 5.75 Å². The first kappa shape index (κ1) is 10.4. The minimum Gasteiger partial charge on any atom is -0.195 e. The van der Waals surface area contributed by atoms with E-state index >= 15 is 0 Å². The highest BCUT2D eigenvalue weighted by atomic mass is 32.3. The van der Waals surface area contributed by atoms with Crippen molar-refractivity contribution < 1.29 is 12.3 Å². The fourth-order valence-electron chi connectivity index (χ4n) is 0.678. The van der Waals surface area contributed by atoms with E-state index in [1.54, 1.807) is 0 Å². The Balaban J connectivity index is 3.24. The van der Waals surface area contributed by atoms with Crippen LogP contribution in [0, 0.1) is 12.3 Å². The van der Waals surface area contributed by atoms with Crippen LogP contribution in [0.5, 0.6) is 0 Å². The van der Waals surface area contributed by atoms with Gasteiger partial charge in [0.2, 0.25) is 0 Å². The lowest BCUT2D eigenvalue weighted by Gasteiger charge is -1.93. The molecule has 0 N–H and O–H groups in total. The Morgan fingerprint density at radius 2 is 1.91 bits per heavy atom. The fourth-order valence-corrected chi connectivity index (χ4v) is 1.23. The van der Waals surface area contributed by atoms with Crippen LogP contribution in [0.2, 0.25) is 0 Å². The summed E-state index contributed by atoms with van der Waals surface area (Å²) < 4.78 is 31.7. The topological polar surface area (TPSA) is 34.1 Å². The molecule has 0 aliphatic heterocycles. The average molecular weight is 178 g/mol. The van der Waals surface area contributed by atoms with Crippen LogP contribution in [-0.2, 0) is 10.2 Å². The number of hydrogen-bond acceptors (Lipinski definition) is 2. The smallest absolute Gasteiger partial charge is 0.195 e. The Morgan fingerprint density at radius 1 is 1.27 bits per heavy atom. The molecule has 0 fully saturated rings. The molecule has 11 heavy (non-hydrogen) atoms. The van der Waals surface area contributed by atoms with Gasteiger partial charge in [0, 0.05) is 6.42 Å². The summed E-state index contributed by atoms with van der Waals surface area (Å²) in [4.78, 5) is 0. The maximum atomic E-state index is 11.8. The third-order valence-electron chi connectivity index (χ3n) is 1.21. The molecule has 0 atom stereocenters. The van der Waals surface area contributed by atoms with E-state index in [9.17, 15) is 12.3 Å². The molecule has 0 spiro atoms. The number of hydrogen-bond donors (Lipinski definition) is 0. The third kappa shape index (κ3) is 9.44. The highest BCUT2D eigenvalue weighted by Gasteiger charge is 2.04. The summed E-state index contributed by atoms with van der Waals surface area (Å²) in [5.41, 5.74) is 0. The van der Waals surface area contributed by atoms with Gasteiger partial charge in [0.1, 0.15) is 0 Å². The van der Waals surface area contributed by atoms with Gasteiger partial charge in [-0.25, -0.2) is 0 Å². The summed E-state index contributed by atoms with van der Waals surface area (Å²) in [5, 5.41) is 0. The summed E-state index contributed by atoms with van der Waals surface area (Å²) in [6, 6.07) is 0. The van der Waals surface area contributed by atoms with Crippen molar-refractivity contribution in [2.45, 2.75) is 25.7 Å². The average Bonchev–Trinajstić information content (AvgIpc) is 1.85. The van der Waals surface area contributed by atoms with Crippen LogP contribution < -0.4 is 0 Å². The van der Waals surface area contributed by atoms with Crippen molar-refractivity contribution in [3.05, 3.63) is 0 Å². The lowest BCUT2D eigenvalue weighted by molar-refractivity contribution is 0.547. The molecular weight excluding hydrogens is 167 g/mol. The molecule has 0 aromatic heterocycles. The van der Waals surface area contributed by atoms with Gasteiger partial charge in [-0.2, -0.15) is 8.42 Å². The first-order valence-electron chi connectivity index (χ1n) is 3.42. The third-order valence-corrected chi connectivity index (χ3v) is 1.99. The van der Waals surface area contributed by atoms with Crippen LogP contribution in [0.4, 0.5) is 3.89 Å². The zero-order valence-corrected chi connectivity index (χ0v) is 7.03. The van der Waals surface area contributed by atoms with E-state index in [-0.39, 0.29) is 5.75 Å². The first-order valence-corrected chi connectivity index (χ1v) is 4.97. The molecule has 0 unspecified atom stereocenters. The number of halogens is 1. The molecule has 0 saturated heterocycles. The molecular formula is C7H11FO2S. The minimum atomic E-state index is -4.26. The highest BCUT2D eigenvalue weighted by Crippen LogP contribution is 2.02. The van der Waals surface area contributed by atoms with Crippen LogP contribution >= 0.6 is 0 Å². The van der Waals surface area contributed by atoms with Crippen molar-refractivity contribution in [3.8, 4) is 12.3 Å². The SMILES string of the molecule is C#CCCCCCS(=O)(=O)F.